The molecule has 0 spiro atoms. The van der Waals surface area contributed by atoms with E-state index in [2.05, 4.69) is 15.1 Å². The zero-order valence-corrected chi connectivity index (χ0v) is 11.8. The highest BCUT2D eigenvalue weighted by molar-refractivity contribution is 5.64. The first-order chi connectivity index (χ1) is 9.25. The van der Waals surface area contributed by atoms with Crippen molar-refractivity contribution in [2.75, 3.05) is 39.3 Å². The van der Waals surface area contributed by atoms with E-state index >= 15 is 0 Å². The molecule has 0 saturated carbocycles. The van der Waals surface area contributed by atoms with Gasteiger partial charge in [-0.25, -0.2) is 4.79 Å². The van der Waals surface area contributed by atoms with Gasteiger partial charge in [-0.3, -0.25) is 0 Å². The predicted molar refractivity (Wildman–Crippen MR) is 75.5 cm³/mol. The molecule has 0 aromatic heterocycles. The third kappa shape index (κ3) is 4.99. The second-order valence-corrected chi connectivity index (χ2v) is 5.75. The van der Waals surface area contributed by atoms with Crippen LogP contribution in [0.5, 0.6) is 0 Å². The molecule has 0 radical (unpaired) electrons. The van der Waals surface area contributed by atoms with Crippen molar-refractivity contribution < 1.29 is 9.90 Å². The number of nitrogens with zero attached hydrogens (tertiary/aromatic N) is 2. The van der Waals surface area contributed by atoms with Crippen LogP contribution in [-0.2, 0) is 0 Å². The van der Waals surface area contributed by atoms with E-state index in [4.69, 9.17) is 5.11 Å². The number of amides is 1. The van der Waals surface area contributed by atoms with Crippen LogP contribution in [0.4, 0.5) is 4.79 Å². The minimum atomic E-state index is -0.913. The molecule has 5 nitrogen and oxygen atoms in total. The monoisotopic (exact) mass is 269 g/mol. The molecule has 2 heterocycles. The third-order valence-corrected chi connectivity index (χ3v) is 4.39. The number of carbonyl (C=O) groups is 1. The lowest BCUT2D eigenvalue weighted by Crippen LogP contribution is -2.47. The number of carboxylic acid groups (broad SMARTS) is 1. The third-order valence-electron chi connectivity index (χ3n) is 4.39. The zero-order valence-electron chi connectivity index (χ0n) is 11.8. The van der Waals surface area contributed by atoms with Gasteiger partial charge >= 0.3 is 6.09 Å². The highest BCUT2D eigenvalue weighted by atomic mass is 16.4. The molecular weight excluding hydrogens is 242 g/mol. The van der Waals surface area contributed by atoms with Crippen LogP contribution in [-0.4, -0.2) is 66.3 Å². The summed E-state index contributed by atoms with van der Waals surface area (Å²) in [6, 6.07) is 0.800. The standard InChI is InChI=1S/C14H27N3O2/c18-14(19)15-7-4-8-16-11-5-13(6-12-16)17-9-2-1-3-10-17/h13,15H,1-12H2,(H,18,19). The van der Waals surface area contributed by atoms with Gasteiger partial charge in [0.05, 0.1) is 0 Å². The number of hydrogen-bond acceptors (Lipinski definition) is 3. The number of piperidine rings is 2. The lowest BCUT2D eigenvalue weighted by Gasteiger charge is -2.40. The maximum absolute atomic E-state index is 10.3. The van der Waals surface area contributed by atoms with E-state index in [1.54, 1.807) is 0 Å². The zero-order chi connectivity index (χ0) is 13.5. The normalized spacial score (nSPS) is 23.4. The van der Waals surface area contributed by atoms with Crippen molar-refractivity contribution in [2.45, 2.75) is 44.6 Å². The molecule has 0 bridgehead atoms. The van der Waals surface area contributed by atoms with E-state index < -0.39 is 6.09 Å². The maximum atomic E-state index is 10.3. The van der Waals surface area contributed by atoms with Crippen molar-refractivity contribution in [3.63, 3.8) is 0 Å². The van der Waals surface area contributed by atoms with Crippen LogP contribution in [0.25, 0.3) is 0 Å². The van der Waals surface area contributed by atoms with Gasteiger partial charge in [0.25, 0.3) is 0 Å². The first-order valence-corrected chi connectivity index (χ1v) is 7.69. The van der Waals surface area contributed by atoms with Gasteiger partial charge in [0, 0.05) is 12.6 Å². The lowest BCUT2D eigenvalue weighted by molar-refractivity contribution is 0.0921. The molecule has 0 atom stereocenters. The highest BCUT2D eigenvalue weighted by Crippen LogP contribution is 2.20. The Bertz CT molecular complexity index is 272. The molecule has 2 aliphatic rings. The van der Waals surface area contributed by atoms with Crippen molar-refractivity contribution >= 4 is 6.09 Å². The van der Waals surface area contributed by atoms with E-state index in [0.29, 0.717) is 6.54 Å². The van der Waals surface area contributed by atoms with E-state index in [-0.39, 0.29) is 0 Å². The molecule has 0 aromatic rings. The molecular formula is C14H27N3O2. The minimum absolute atomic E-state index is 0.571. The van der Waals surface area contributed by atoms with Crippen LogP contribution in [0.1, 0.15) is 38.5 Å². The van der Waals surface area contributed by atoms with Gasteiger partial charge in [0.15, 0.2) is 0 Å². The summed E-state index contributed by atoms with van der Waals surface area (Å²) < 4.78 is 0. The van der Waals surface area contributed by atoms with E-state index in [9.17, 15) is 4.79 Å². The van der Waals surface area contributed by atoms with Gasteiger partial charge in [0.2, 0.25) is 0 Å². The molecule has 5 heteroatoms. The molecule has 2 saturated heterocycles. The van der Waals surface area contributed by atoms with Gasteiger partial charge in [-0.2, -0.15) is 0 Å². The molecule has 1 amide bonds. The van der Waals surface area contributed by atoms with Gasteiger partial charge < -0.3 is 20.2 Å². The minimum Gasteiger partial charge on any atom is -0.465 e. The number of hydrogen-bond donors (Lipinski definition) is 2. The molecule has 2 fully saturated rings. The van der Waals surface area contributed by atoms with Gasteiger partial charge in [-0.05, 0) is 64.8 Å². The summed E-state index contributed by atoms with van der Waals surface area (Å²) in [4.78, 5) is 15.5. The molecule has 0 unspecified atom stereocenters. The topological polar surface area (TPSA) is 55.8 Å². The number of rotatable bonds is 5. The number of likely N-dealkylation sites (tertiary alicyclic amines) is 2. The first-order valence-electron chi connectivity index (χ1n) is 7.69. The summed E-state index contributed by atoms with van der Waals surface area (Å²) in [5, 5.41) is 10.9. The van der Waals surface area contributed by atoms with Crippen molar-refractivity contribution in [1.29, 1.82) is 0 Å². The fourth-order valence-corrected chi connectivity index (χ4v) is 3.29. The summed E-state index contributed by atoms with van der Waals surface area (Å²) in [6.45, 7) is 6.54. The Labute approximate surface area is 115 Å². The molecule has 0 aromatic carbocycles. The van der Waals surface area contributed by atoms with Crippen LogP contribution >= 0.6 is 0 Å². The van der Waals surface area contributed by atoms with Gasteiger partial charge in [-0.1, -0.05) is 6.42 Å². The first kappa shape index (κ1) is 14.6. The second kappa shape index (κ2) is 7.70. The molecule has 2 rings (SSSR count). The Kier molecular flexibility index (Phi) is 5.92. The Morgan fingerprint density at radius 3 is 2.42 bits per heavy atom. The van der Waals surface area contributed by atoms with Crippen LogP contribution in [0.2, 0.25) is 0 Å². The average molecular weight is 269 g/mol. The largest absolute Gasteiger partial charge is 0.465 e. The summed E-state index contributed by atoms with van der Waals surface area (Å²) in [5.74, 6) is 0. The predicted octanol–water partition coefficient (Wildman–Crippen LogP) is 1.59. The fourth-order valence-electron chi connectivity index (χ4n) is 3.29. The quantitative estimate of drug-likeness (QED) is 0.744. The Morgan fingerprint density at radius 1 is 1.11 bits per heavy atom. The van der Waals surface area contributed by atoms with Crippen LogP contribution in [0.3, 0.4) is 0 Å². The summed E-state index contributed by atoms with van der Waals surface area (Å²) in [5.41, 5.74) is 0. The summed E-state index contributed by atoms with van der Waals surface area (Å²) in [6.07, 6.45) is 6.73. The Hall–Kier alpha value is -0.810. The second-order valence-electron chi connectivity index (χ2n) is 5.75. The average Bonchev–Trinajstić information content (AvgIpc) is 2.45. The van der Waals surface area contributed by atoms with Crippen LogP contribution in [0, 0.1) is 0 Å². The molecule has 2 N–H and O–H groups in total. The fraction of sp³-hybridized carbons (Fsp3) is 0.929. The van der Waals surface area contributed by atoms with E-state index in [1.165, 1.54) is 58.3 Å². The van der Waals surface area contributed by atoms with Crippen molar-refractivity contribution in [2.24, 2.45) is 0 Å². The summed E-state index contributed by atoms with van der Waals surface area (Å²) in [7, 11) is 0. The van der Waals surface area contributed by atoms with Crippen molar-refractivity contribution in [3.05, 3.63) is 0 Å². The smallest absolute Gasteiger partial charge is 0.404 e. The molecule has 2 aliphatic heterocycles. The number of nitrogens with one attached hydrogen (secondary N) is 1. The SMILES string of the molecule is O=C(O)NCCCN1CCC(N2CCCCC2)CC1. The van der Waals surface area contributed by atoms with Gasteiger partial charge in [0.1, 0.15) is 0 Å². The molecule has 0 aliphatic carbocycles. The van der Waals surface area contributed by atoms with Crippen molar-refractivity contribution in [3.8, 4) is 0 Å². The maximum Gasteiger partial charge on any atom is 0.404 e. The Morgan fingerprint density at radius 2 is 1.79 bits per heavy atom. The Balaban J connectivity index is 1.58. The van der Waals surface area contributed by atoms with Crippen LogP contribution in [0.15, 0.2) is 0 Å². The molecule has 19 heavy (non-hydrogen) atoms. The van der Waals surface area contributed by atoms with E-state index in [1.807, 2.05) is 0 Å². The van der Waals surface area contributed by atoms with Gasteiger partial charge in [-0.15, -0.1) is 0 Å². The summed E-state index contributed by atoms with van der Waals surface area (Å²) >= 11 is 0. The molecule has 110 valence electrons. The van der Waals surface area contributed by atoms with Crippen molar-refractivity contribution in [1.82, 2.24) is 15.1 Å². The van der Waals surface area contributed by atoms with E-state index in [0.717, 1.165) is 19.0 Å². The lowest BCUT2D eigenvalue weighted by atomic mass is 10.00. The van der Waals surface area contributed by atoms with Crippen LogP contribution < -0.4 is 5.32 Å². The highest BCUT2D eigenvalue weighted by Gasteiger charge is 2.25.